The second-order valence-electron chi connectivity index (χ2n) is 8.05. The number of carbonyl (C=O) groups is 1. The Hall–Kier alpha value is -3.78. The van der Waals surface area contributed by atoms with Crippen LogP contribution in [0.15, 0.2) is 54.7 Å². The fourth-order valence-electron chi connectivity index (χ4n) is 3.59. The summed E-state index contributed by atoms with van der Waals surface area (Å²) in [6, 6.07) is 15.7. The lowest BCUT2D eigenvalue weighted by Crippen LogP contribution is -2.15. The van der Waals surface area contributed by atoms with E-state index in [0.717, 1.165) is 45.5 Å². The van der Waals surface area contributed by atoms with Crippen LogP contribution < -0.4 is 10.6 Å². The molecule has 1 unspecified atom stereocenters. The second-order valence-corrected chi connectivity index (χ2v) is 8.05. The highest BCUT2D eigenvalue weighted by molar-refractivity contribution is 6.07. The zero-order valence-corrected chi connectivity index (χ0v) is 19.1. The van der Waals surface area contributed by atoms with Crippen LogP contribution in [0.3, 0.4) is 0 Å². The van der Waals surface area contributed by atoms with Gasteiger partial charge < -0.3 is 10.6 Å². The number of aryl methyl sites for hydroxylation is 2. The number of nitrogens with zero attached hydrogens (tertiary/aromatic N) is 4. The van der Waals surface area contributed by atoms with Crippen molar-refractivity contribution >= 4 is 25.9 Å². The largest absolute Gasteiger partial charge is 0.325 e. The summed E-state index contributed by atoms with van der Waals surface area (Å²) in [6.45, 7) is 5.94. The summed E-state index contributed by atoms with van der Waals surface area (Å²) >= 11 is 0. The Labute approximate surface area is 194 Å². The Morgan fingerprint density at radius 1 is 1.06 bits per heavy atom. The number of hydrogen-bond donors (Lipinski definition) is 2. The van der Waals surface area contributed by atoms with Crippen LogP contribution in [0.1, 0.15) is 40.0 Å². The number of benzene rings is 2. The van der Waals surface area contributed by atoms with Crippen LogP contribution in [0.25, 0.3) is 22.6 Å². The molecule has 0 bridgehead atoms. The Bertz CT molecular complexity index is 1280. The second kappa shape index (κ2) is 9.38. The van der Waals surface area contributed by atoms with Gasteiger partial charge in [-0.15, -0.1) is 0 Å². The van der Waals surface area contributed by atoms with E-state index in [2.05, 4.69) is 25.7 Å². The van der Waals surface area contributed by atoms with Gasteiger partial charge >= 0.3 is 0 Å². The van der Waals surface area contributed by atoms with E-state index in [1.807, 2.05) is 82.5 Å². The molecular formula is C25H25BN6O. The first-order valence-electron chi connectivity index (χ1n) is 10.7. The molecule has 4 rings (SSSR count). The molecule has 33 heavy (non-hydrogen) atoms. The predicted molar refractivity (Wildman–Crippen MR) is 132 cm³/mol. The van der Waals surface area contributed by atoms with E-state index in [1.165, 1.54) is 4.59 Å². The van der Waals surface area contributed by atoms with Gasteiger partial charge in [-0.1, -0.05) is 30.3 Å². The molecule has 0 spiro atoms. The smallest absolute Gasteiger partial charge is 0.269 e. The molecule has 7 nitrogen and oxygen atoms in total. The third-order valence-corrected chi connectivity index (χ3v) is 5.68. The number of carbonyl (C=O) groups excluding carboxylic acids is 1. The maximum atomic E-state index is 11.5. The lowest BCUT2D eigenvalue weighted by atomic mass is 9.98. The maximum absolute atomic E-state index is 11.5. The van der Waals surface area contributed by atoms with Gasteiger partial charge in [0.1, 0.15) is 6.29 Å². The van der Waals surface area contributed by atoms with E-state index in [4.69, 9.17) is 7.98 Å². The summed E-state index contributed by atoms with van der Waals surface area (Å²) in [5, 5.41) is 10.8. The molecule has 0 amide bonds. The predicted octanol–water partition coefficient (Wildman–Crippen LogP) is 4.39. The Morgan fingerprint density at radius 2 is 1.79 bits per heavy atom. The van der Waals surface area contributed by atoms with Gasteiger partial charge in [0.2, 0.25) is 5.95 Å². The van der Waals surface area contributed by atoms with E-state index in [0.29, 0.717) is 17.3 Å². The number of rotatable bonds is 7. The fraction of sp³-hybridized carbons (Fsp3) is 0.200. The minimum Gasteiger partial charge on any atom is -0.325 e. The Kier molecular flexibility index (Phi) is 6.37. The van der Waals surface area contributed by atoms with Crippen LogP contribution in [0.2, 0.25) is 0 Å². The molecule has 2 aromatic carbocycles. The lowest BCUT2D eigenvalue weighted by molar-refractivity contribution is 0.112. The number of pyridine rings is 1. The van der Waals surface area contributed by atoms with Gasteiger partial charge in [0, 0.05) is 34.6 Å². The van der Waals surface area contributed by atoms with Crippen molar-refractivity contribution in [2.24, 2.45) is 0 Å². The van der Waals surface area contributed by atoms with E-state index in [9.17, 15) is 4.79 Å². The van der Waals surface area contributed by atoms with Gasteiger partial charge in [0.05, 0.1) is 5.69 Å². The van der Waals surface area contributed by atoms with Crippen molar-refractivity contribution in [1.29, 1.82) is 0 Å². The third kappa shape index (κ3) is 4.71. The number of hydrogen-bond acceptors (Lipinski definition) is 6. The van der Waals surface area contributed by atoms with Crippen LogP contribution in [-0.2, 0) is 0 Å². The molecule has 1 atom stereocenters. The maximum Gasteiger partial charge on any atom is 0.269 e. The van der Waals surface area contributed by atoms with Crippen molar-refractivity contribution in [2.45, 2.75) is 26.8 Å². The van der Waals surface area contributed by atoms with Crippen molar-refractivity contribution in [3.8, 4) is 22.6 Å². The van der Waals surface area contributed by atoms with Crippen LogP contribution in [0.4, 0.5) is 11.6 Å². The first-order valence-corrected chi connectivity index (χ1v) is 10.7. The van der Waals surface area contributed by atoms with E-state index in [1.54, 1.807) is 0 Å². The van der Waals surface area contributed by atoms with Crippen LogP contribution in [-0.4, -0.2) is 41.0 Å². The number of aldehydes is 1. The van der Waals surface area contributed by atoms with E-state index < -0.39 is 0 Å². The molecule has 0 fully saturated rings. The van der Waals surface area contributed by atoms with Crippen molar-refractivity contribution < 1.29 is 4.79 Å². The molecule has 2 aromatic heterocycles. The molecule has 164 valence electrons. The molecule has 8 heteroatoms. The Balaban J connectivity index is 1.60. The third-order valence-electron chi connectivity index (χ3n) is 5.68. The Morgan fingerprint density at radius 3 is 2.42 bits per heavy atom. The molecule has 0 aliphatic carbocycles. The molecule has 2 heterocycles. The highest BCUT2D eigenvalue weighted by Crippen LogP contribution is 2.28. The quantitative estimate of drug-likeness (QED) is 0.330. The van der Waals surface area contributed by atoms with Gasteiger partial charge in [-0.25, -0.2) is 0 Å². The SMILES string of the molecule is [B]n1nc(-c2ccc(-c3ccc(C)cn3)cc2)nc1Nc1cc(C(C)NC)c(C=O)cc1C. The van der Waals surface area contributed by atoms with Gasteiger partial charge in [-0.05, 0) is 62.7 Å². The van der Waals surface area contributed by atoms with Crippen LogP contribution in [0, 0.1) is 13.8 Å². The average molecular weight is 436 g/mol. The van der Waals surface area contributed by atoms with Crippen molar-refractivity contribution in [2.75, 3.05) is 12.4 Å². The zero-order valence-electron chi connectivity index (χ0n) is 19.1. The monoisotopic (exact) mass is 436 g/mol. The van der Waals surface area contributed by atoms with E-state index in [-0.39, 0.29) is 6.04 Å². The average Bonchev–Trinajstić information content (AvgIpc) is 3.20. The van der Waals surface area contributed by atoms with Gasteiger partial charge in [0.25, 0.3) is 7.98 Å². The summed E-state index contributed by atoms with van der Waals surface area (Å²) in [5.41, 5.74) is 7.15. The van der Waals surface area contributed by atoms with Crippen molar-refractivity contribution in [3.05, 3.63) is 77.0 Å². The molecule has 0 saturated heterocycles. The first-order chi connectivity index (χ1) is 15.9. The summed E-state index contributed by atoms with van der Waals surface area (Å²) in [5.74, 6) is 0.911. The molecule has 0 aliphatic rings. The topological polar surface area (TPSA) is 84.7 Å². The van der Waals surface area contributed by atoms with E-state index >= 15 is 0 Å². The highest BCUT2D eigenvalue weighted by Gasteiger charge is 2.15. The molecule has 4 aromatic rings. The summed E-state index contributed by atoms with van der Waals surface area (Å²) < 4.78 is 1.22. The van der Waals surface area contributed by atoms with Gasteiger partial charge in [-0.3, -0.25) is 14.4 Å². The molecule has 2 N–H and O–H groups in total. The first kappa shape index (κ1) is 22.4. The number of anilines is 2. The molecule has 0 saturated carbocycles. The van der Waals surface area contributed by atoms with Crippen molar-refractivity contribution in [1.82, 2.24) is 25.0 Å². The number of nitrogens with one attached hydrogen (secondary N) is 2. The zero-order chi connectivity index (χ0) is 23.5. The van der Waals surface area contributed by atoms with Crippen LogP contribution in [0.5, 0.6) is 0 Å². The summed E-state index contributed by atoms with van der Waals surface area (Å²) in [7, 11) is 7.95. The molecule has 2 radical (unpaired) electrons. The molecule has 0 aliphatic heterocycles. The standard InChI is InChI=1S/C25H25BN6O/c1-15-5-10-22(28-13-15)18-6-8-19(9-7-18)24-30-25(32(26)31-24)29-23-12-21(17(3)27-4)20(14-33)11-16(23)2/h5-14,17,27H,1-4H3,(H,29,30,31). The van der Waals surface area contributed by atoms with Crippen molar-refractivity contribution in [3.63, 3.8) is 0 Å². The van der Waals surface area contributed by atoms with Crippen LogP contribution >= 0.6 is 0 Å². The summed E-state index contributed by atoms with van der Waals surface area (Å²) in [6.07, 6.45) is 2.73. The van der Waals surface area contributed by atoms with Gasteiger partial charge in [0.15, 0.2) is 5.82 Å². The minimum absolute atomic E-state index is 0.0131. The number of aromatic nitrogens is 4. The van der Waals surface area contributed by atoms with Gasteiger partial charge in [-0.2, -0.15) is 10.1 Å². The molecular weight excluding hydrogens is 411 g/mol. The normalized spacial score (nSPS) is 11.9. The minimum atomic E-state index is 0.0131. The summed E-state index contributed by atoms with van der Waals surface area (Å²) in [4.78, 5) is 20.6. The lowest BCUT2D eigenvalue weighted by Gasteiger charge is -2.17. The highest BCUT2D eigenvalue weighted by atomic mass is 16.1. The fourth-order valence-corrected chi connectivity index (χ4v) is 3.59.